The molecule has 0 spiro atoms. The number of benzene rings is 2. The highest BCUT2D eigenvalue weighted by Gasteiger charge is 2.35. The SMILES string of the molecule is NC(=O)c1ccc2c(c1)NC(=O)[C@H](CC1CCCCC1)N2Cc1ccccc1. The summed E-state index contributed by atoms with van der Waals surface area (Å²) in [6.07, 6.45) is 7.11. The highest BCUT2D eigenvalue weighted by Crippen LogP contribution is 2.38. The first-order valence-electron chi connectivity index (χ1n) is 10.2. The molecule has 146 valence electrons. The van der Waals surface area contributed by atoms with E-state index in [0.717, 1.165) is 17.7 Å². The lowest BCUT2D eigenvalue weighted by Crippen LogP contribution is -2.48. The van der Waals surface area contributed by atoms with Gasteiger partial charge in [-0.05, 0) is 36.1 Å². The van der Waals surface area contributed by atoms with Crippen molar-refractivity contribution < 1.29 is 9.59 Å². The molecular weight excluding hydrogens is 350 g/mol. The number of nitrogens with two attached hydrogens (primary N) is 1. The van der Waals surface area contributed by atoms with E-state index in [4.69, 9.17) is 5.73 Å². The molecule has 1 fully saturated rings. The molecule has 0 saturated heterocycles. The molecule has 1 aliphatic heterocycles. The van der Waals surface area contributed by atoms with Crippen LogP contribution in [0.25, 0.3) is 0 Å². The van der Waals surface area contributed by atoms with Crippen LogP contribution in [0.15, 0.2) is 48.5 Å². The van der Waals surface area contributed by atoms with Crippen molar-refractivity contribution in [3.8, 4) is 0 Å². The maximum Gasteiger partial charge on any atom is 0.248 e. The van der Waals surface area contributed by atoms with E-state index < -0.39 is 5.91 Å². The Kier molecular flexibility index (Phi) is 5.33. The zero-order valence-electron chi connectivity index (χ0n) is 16.1. The maximum absolute atomic E-state index is 13.0. The molecule has 5 nitrogen and oxygen atoms in total. The molecule has 2 aliphatic rings. The monoisotopic (exact) mass is 377 g/mol. The Labute approximate surface area is 165 Å². The lowest BCUT2D eigenvalue weighted by atomic mass is 9.83. The average molecular weight is 377 g/mol. The van der Waals surface area contributed by atoms with Crippen LogP contribution >= 0.6 is 0 Å². The van der Waals surface area contributed by atoms with Crippen LogP contribution in [0.4, 0.5) is 11.4 Å². The molecule has 1 heterocycles. The Balaban J connectivity index is 1.67. The number of carbonyl (C=O) groups excluding carboxylic acids is 2. The largest absolute Gasteiger partial charge is 0.366 e. The van der Waals surface area contributed by atoms with Crippen molar-refractivity contribution in [2.45, 2.75) is 51.1 Å². The smallest absolute Gasteiger partial charge is 0.248 e. The third-order valence-corrected chi connectivity index (χ3v) is 6.00. The van der Waals surface area contributed by atoms with E-state index in [2.05, 4.69) is 22.3 Å². The summed E-state index contributed by atoms with van der Waals surface area (Å²) >= 11 is 0. The molecule has 1 saturated carbocycles. The van der Waals surface area contributed by atoms with E-state index in [-0.39, 0.29) is 11.9 Å². The fourth-order valence-corrected chi connectivity index (χ4v) is 4.51. The van der Waals surface area contributed by atoms with E-state index in [1.165, 1.54) is 32.1 Å². The van der Waals surface area contributed by atoms with E-state index in [9.17, 15) is 9.59 Å². The van der Waals surface area contributed by atoms with Gasteiger partial charge in [-0.25, -0.2) is 0 Å². The van der Waals surface area contributed by atoms with Gasteiger partial charge < -0.3 is 16.0 Å². The van der Waals surface area contributed by atoms with Crippen molar-refractivity contribution in [1.82, 2.24) is 0 Å². The Morgan fingerprint density at radius 1 is 1.07 bits per heavy atom. The second-order valence-corrected chi connectivity index (χ2v) is 7.95. The van der Waals surface area contributed by atoms with Crippen LogP contribution in [-0.2, 0) is 11.3 Å². The molecule has 2 amide bonds. The number of rotatable bonds is 5. The number of hydrogen-bond acceptors (Lipinski definition) is 3. The number of primary amides is 1. The molecule has 0 aromatic heterocycles. The van der Waals surface area contributed by atoms with Gasteiger partial charge in [-0.2, -0.15) is 0 Å². The van der Waals surface area contributed by atoms with E-state index >= 15 is 0 Å². The summed E-state index contributed by atoms with van der Waals surface area (Å²) in [4.78, 5) is 26.8. The van der Waals surface area contributed by atoms with Crippen LogP contribution in [0.2, 0.25) is 0 Å². The molecule has 1 atom stereocenters. The second kappa shape index (κ2) is 8.05. The lowest BCUT2D eigenvalue weighted by molar-refractivity contribution is -0.118. The highest BCUT2D eigenvalue weighted by molar-refractivity contribution is 6.05. The standard InChI is InChI=1S/C23H27N3O2/c24-22(27)18-11-12-20-19(14-18)25-23(28)21(13-16-7-3-1-4-8-16)26(20)15-17-9-5-2-6-10-17/h2,5-6,9-12,14,16,21H,1,3-4,7-8,13,15H2,(H2,24,27)(H,25,28)/t21-/m0/s1. The predicted molar refractivity (Wildman–Crippen MR) is 111 cm³/mol. The first-order valence-corrected chi connectivity index (χ1v) is 10.2. The minimum Gasteiger partial charge on any atom is -0.366 e. The lowest BCUT2D eigenvalue weighted by Gasteiger charge is -2.40. The minimum atomic E-state index is -0.490. The van der Waals surface area contributed by atoms with Gasteiger partial charge in [0.2, 0.25) is 11.8 Å². The first kappa shape index (κ1) is 18.5. The molecule has 0 radical (unpaired) electrons. The summed E-state index contributed by atoms with van der Waals surface area (Å²) in [6, 6.07) is 15.3. The van der Waals surface area contributed by atoms with Gasteiger partial charge in [0.1, 0.15) is 6.04 Å². The van der Waals surface area contributed by atoms with E-state index in [1.807, 2.05) is 24.3 Å². The van der Waals surface area contributed by atoms with Crippen molar-refractivity contribution in [3.63, 3.8) is 0 Å². The van der Waals surface area contributed by atoms with Crippen molar-refractivity contribution in [2.75, 3.05) is 10.2 Å². The van der Waals surface area contributed by atoms with Crippen LogP contribution in [-0.4, -0.2) is 17.9 Å². The van der Waals surface area contributed by atoms with Crippen LogP contribution in [0.3, 0.4) is 0 Å². The Morgan fingerprint density at radius 2 is 1.82 bits per heavy atom. The van der Waals surface area contributed by atoms with Crippen LogP contribution in [0.1, 0.15) is 54.4 Å². The van der Waals surface area contributed by atoms with Crippen molar-refractivity contribution in [3.05, 3.63) is 59.7 Å². The van der Waals surface area contributed by atoms with Gasteiger partial charge in [-0.15, -0.1) is 0 Å². The number of nitrogens with one attached hydrogen (secondary N) is 1. The van der Waals surface area contributed by atoms with Crippen molar-refractivity contribution in [2.24, 2.45) is 11.7 Å². The van der Waals surface area contributed by atoms with Gasteiger partial charge in [0, 0.05) is 12.1 Å². The Hall–Kier alpha value is -2.82. The number of anilines is 2. The fraction of sp³-hybridized carbons (Fsp3) is 0.391. The summed E-state index contributed by atoms with van der Waals surface area (Å²) in [5, 5.41) is 3.02. The van der Waals surface area contributed by atoms with Gasteiger partial charge in [0.15, 0.2) is 0 Å². The third-order valence-electron chi connectivity index (χ3n) is 6.00. The number of nitrogens with zero attached hydrogens (tertiary/aromatic N) is 1. The molecule has 28 heavy (non-hydrogen) atoms. The molecular formula is C23H27N3O2. The molecule has 0 bridgehead atoms. The number of carbonyl (C=O) groups is 2. The summed E-state index contributed by atoms with van der Waals surface area (Å²) in [6.45, 7) is 0.661. The first-order chi connectivity index (χ1) is 13.6. The Morgan fingerprint density at radius 3 is 2.54 bits per heavy atom. The van der Waals surface area contributed by atoms with Crippen molar-refractivity contribution >= 4 is 23.2 Å². The van der Waals surface area contributed by atoms with Gasteiger partial charge >= 0.3 is 0 Å². The predicted octanol–water partition coefficient (Wildman–Crippen LogP) is 4.08. The minimum absolute atomic E-state index is 0.00984. The number of amides is 2. The molecule has 2 aromatic carbocycles. The molecule has 3 N–H and O–H groups in total. The van der Waals surface area contributed by atoms with Gasteiger partial charge in [0.05, 0.1) is 11.4 Å². The Bertz CT molecular complexity index is 859. The normalized spacial score (nSPS) is 19.8. The highest BCUT2D eigenvalue weighted by atomic mass is 16.2. The van der Waals surface area contributed by atoms with E-state index in [1.54, 1.807) is 12.1 Å². The summed E-state index contributed by atoms with van der Waals surface area (Å²) in [7, 11) is 0. The van der Waals surface area contributed by atoms with Gasteiger partial charge in [0.25, 0.3) is 0 Å². The molecule has 4 rings (SSSR count). The molecule has 5 heteroatoms. The quantitative estimate of drug-likeness (QED) is 0.824. The zero-order chi connectivity index (χ0) is 19.5. The molecule has 0 unspecified atom stereocenters. The van der Waals surface area contributed by atoms with E-state index in [0.29, 0.717) is 23.7 Å². The topological polar surface area (TPSA) is 75.4 Å². The van der Waals surface area contributed by atoms with Gasteiger partial charge in [-0.1, -0.05) is 62.4 Å². The molecule has 2 aromatic rings. The van der Waals surface area contributed by atoms with Gasteiger partial charge in [-0.3, -0.25) is 9.59 Å². The third kappa shape index (κ3) is 3.88. The van der Waals surface area contributed by atoms with Crippen LogP contribution < -0.4 is 16.0 Å². The average Bonchev–Trinajstić information content (AvgIpc) is 2.71. The number of fused-ring (bicyclic) bond motifs is 1. The molecule has 1 aliphatic carbocycles. The summed E-state index contributed by atoms with van der Waals surface area (Å²) in [5.74, 6) is 0.112. The van der Waals surface area contributed by atoms with Crippen LogP contribution in [0.5, 0.6) is 0 Å². The van der Waals surface area contributed by atoms with Crippen molar-refractivity contribution in [1.29, 1.82) is 0 Å². The zero-order valence-corrected chi connectivity index (χ0v) is 16.1. The summed E-state index contributed by atoms with van der Waals surface area (Å²) < 4.78 is 0. The maximum atomic E-state index is 13.0. The number of hydrogen-bond donors (Lipinski definition) is 2. The van der Waals surface area contributed by atoms with Crippen LogP contribution in [0, 0.1) is 5.92 Å². The second-order valence-electron chi connectivity index (χ2n) is 7.95. The fourth-order valence-electron chi connectivity index (χ4n) is 4.51. The summed E-state index contributed by atoms with van der Waals surface area (Å²) in [5.41, 5.74) is 8.61.